The second-order valence-corrected chi connectivity index (χ2v) is 5.64. The summed E-state index contributed by atoms with van der Waals surface area (Å²) in [6, 6.07) is 8.14. The van der Waals surface area contributed by atoms with E-state index in [1.165, 1.54) is 18.3 Å². The first-order valence-corrected chi connectivity index (χ1v) is 8.04. The van der Waals surface area contributed by atoms with Crippen molar-refractivity contribution in [2.45, 2.75) is 32.9 Å². The number of nitrogens with zero attached hydrogens (tertiary/aromatic N) is 1. The SMILES string of the molecule is CCC(CC)C(=O)Nc1ccc(Nc2cccc(C(F)(F)F)c2)nc1. The Morgan fingerprint density at radius 3 is 2.40 bits per heavy atom. The molecule has 0 aliphatic carbocycles. The summed E-state index contributed by atoms with van der Waals surface area (Å²) in [6.45, 7) is 3.90. The van der Waals surface area contributed by atoms with Gasteiger partial charge in [0.05, 0.1) is 17.4 Å². The largest absolute Gasteiger partial charge is 0.416 e. The first-order valence-electron chi connectivity index (χ1n) is 8.04. The molecule has 0 aliphatic rings. The molecule has 4 nitrogen and oxygen atoms in total. The van der Waals surface area contributed by atoms with E-state index < -0.39 is 11.7 Å². The average molecular weight is 351 g/mol. The number of carbonyl (C=O) groups is 1. The Kier molecular flexibility index (Phi) is 6.01. The molecule has 0 spiro atoms. The van der Waals surface area contributed by atoms with Crippen molar-refractivity contribution in [3.8, 4) is 0 Å². The normalized spacial score (nSPS) is 11.4. The number of amides is 1. The molecule has 0 aliphatic heterocycles. The summed E-state index contributed by atoms with van der Waals surface area (Å²) in [5, 5.41) is 5.60. The zero-order valence-corrected chi connectivity index (χ0v) is 14.0. The molecule has 0 bridgehead atoms. The van der Waals surface area contributed by atoms with Crippen molar-refractivity contribution in [3.05, 3.63) is 48.2 Å². The van der Waals surface area contributed by atoms with Gasteiger partial charge in [0.1, 0.15) is 5.82 Å². The smallest absolute Gasteiger partial charge is 0.340 e. The minimum absolute atomic E-state index is 0.0529. The van der Waals surface area contributed by atoms with Gasteiger partial charge in [-0.1, -0.05) is 19.9 Å². The van der Waals surface area contributed by atoms with Crippen molar-refractivity contribution in [2.24, 2.45) is 5.92 Å². The third kappa shape index (κ3) is 5.20. The molecule has 7 heteroatoms. The van der Waals surface area contributed by atoms with Crippen molar-refractivity contribution in [2.75, 3.05) is 10.6 Å². The molecular weight excluding hydrogens is 331 g/mol. The van der Waals surface area contributed by atoms with Gasteiger partial charge in [-0.15, -0.1) is 0 Å². The number of carbonyl (C=O) groups excluding carboxylic acids is 1. The lowest BCUT2D eigenvalue weighted by Crippen LogP contribution is -2.21. The lowest BCUT2D eigenvalue weighted by Gasteiger charge is -2.13. The summed E-state index contributed by atoms with van der Waals surface area (Å²) < 4.78 is 38.2. The summed E-state index contributed by atoms with van der Waals surface area (Å²) in [4.78, 5) is 16.1. The fourth-order valence-electron chi connectivity index (χ4n) is 2.37. The third-order valence-electron chi connectivity index (χ3n) is 3.85. The Bertz CT molecular complexity index is 710. The second-order valence-electron chi connectivity index (χ2n) is 5.64. The molecule has 134 valence electrons. The maximum absolute atomic E-state index is 12.7. The fourth-order valence-corrected chi connectivity index (χ4v) is 2.37. The number of hydrogen-bond donors (Lipinski definition) is 2. The molecule has 0 saturated heterocycles. The van der Waals surface area contributed by atoms with E-state index in [1.807, 2.05) is 13.8 Å². The molecule has 1 aromatic carbocycles. The lowest BCUT2D eigenvalue weighted by atomic mass is 10.0. The van der Waals surface area contributed by atoms with Crippen LogP contribution in [0.4, 0.5) is 30.4 Å². The van der Waals surface area contributed by atoms with Crippen LogP contribution in [0.3, 0.4) is 0 Å². The number of benzene rings is 1. The van der Waals surface area contributed by atoms with Gasteiger partial charge in [0, 0.05) is 11.6 Å². The van der Waals surface area contributed by atoms with Crippen molar-refractivity contribution in [1.29, 1.82) is 0 Å². The minimum atomic E-state index is -4.39. The van der Waals surface area contributed by atoms with E-state index in [0.29, 0.717) is 11.5 Å². The highest BCUT2D eigenvalue weighted by Gasteiger charge is 2.30. The minimum Gasteiger partial charge on any atom is -0.340 e. The Hall–Kier alpha value is -2.57. The van der Waals surface area contributed by atoms with Gasteiger partial charge in [-0.05, 0) is 43.2 Å². The summed E-state index contributed by atoms with van der Waals surface area (Å²) in [6.07, 6.45) is -1.42. The van der Waals surface area contributed by atoms with Crippen molar-refractivity contribution in [1.82, 2.24) is 4.98 Å². The molecule has 0 atom stereocenters. The Labute approximate surface area is 144 Å². The highest BCUT2D eigenvalue weighted by atomic mass is 19.4. The molecule has 2 rings (SSSR count). The van der Waals surface area contributed by atoms with Gasteiger partial charge in [-0.3, -0.25) is 4.79 Å². The molecule has 0 radical (unpaired) electrons. The highest BCUT2D eigenvalue weighted by molar-refractivity contribution is 5.92. The van der Waals surface area contributed by atoms with Crippen LogP contribution < -0.4 is 10.6 Å². The van der Waals surface area contributed by atoms with Gasteiger partial charge in [-0.2, -0.15) is 13.2 Å². The summed E-state index contributed by atoms with van der Waals surface area (Å²) in [5.74, 6) is 0.271. The average Bonchev–Trinajstić information content (AvgIpc) is 2.57. The quantitative estimate of drug-likeness (QED) is 0.750. The first kappa shape index (κ1) is 18.8. The summed E-state index contributed by atoms with van der Waals surface area (Å²) in [5.41, 5.74) is 0.106. The van der Waals surface area contributed by atoms with Crippen LogP contribution in [0.5, 0.6) is 0 Å². The van der Waals surface area contributed by atoms with Crippen LogP contribution in [0.2, 0.25) is 0 Å². The van der Waals surface area contributed by atoms with Crippen LogP contribution in [0.1, 0.15) is 32.3 Å². The van der Waals surface area contributed by atoms with Crippen LogP contribution in [-0.2, 0) is 11.0 Å². The van der Waals surface area contributed by atoms with E-state index in [0.717, 1.165) is 25.0 Å². The van der Waals surface area contributed by atoms with E-state index in [4.69, 9.17) is 0 Å². The number of hydrogen-bond acceptors (Lipinski definition) is 3. The molecule has 0 fully saturated rings. The van der Waals surface area contributed by atoms with E-state index in [-0.39, 0.29) is 17.5 Å². The highest BCUT2D eigenvalue weighted by Crippen LogP contribution is 2.31. The van der Waals surface area contributed by atoms with Gasteiger partial charge in [0.15, 0.2) is 0 Å². The number of halogens is 3. The van der Waals surface area contributed by atoms with E-state index >= 15 is 0 Å². The van der Waals surface area contributed by atoms with Crippen molar-refractivity contribution < 1.29 is 18.0 Å². The molecule has 2 N–H and O–H groups in total. The first-order chi connectivity index (χ1) is 11.8. The predicted octanol–water partition coefficient (Wildman–Crippen LogP) is 5.22. The van der Waals surface area contributed by atoms with Crippen LogP contribution in [0.15, 0.2) is 42.6 Å². The maximum atomic E-state index is 12.7. The Morgan fingerprint density at radius 2 is 1.84 bits per heavy atom. The van der Waals surface area contributed by atoms with Crippen LogP contribution in [0.25, 0.3) is 0 Å². The molecule has 1 amide bonds. The molecule has 2 aromatic rings. The molecular formula is C18H20F3N3O. The van der Waals surface area contributed by atoms with E-state index in [9.17, 15) is 18.0 Å². The number of alkyl halides is 3. The van der Waals surface area contributed by atoms with Gasteiger partial charge >= 0.3 is 6.18 Å². The molecule has 1 aromatic heterocycles. The van der Waals surface area contributed by atoms with Crippen LogP contribution in [-0.4, -0.2) is 10.9 Å². The van der Waals surface area contributed by atoms with Crippen molar-refractivity contribution >= 4 is 23.1 Å². The topological polar surface area (TPSA) is 54.0 Å². The summed E-state index contributed by atoms with van der Waals surface area (Å²) >= 11 is 0. The van der Waals surface area contributed by atoms with Gasteiger partial charge in [-0.25, -0.2) is 4.98 Å². The van der Waals surface area contributed by atoms with Crippen LogP contribution in [0, 0.1) is 5.92 Å². The lowest BCUT2D eigenvalue weighted by molar-refractivity contribution is -0.137. The van der Waals surface area contributed by atoms with Gasteiger partial charge in [0.2, 0.25) is 5.91 Å². The zero-order valence-electron chi connectivity index (χ0n) is 14.0. The monoisotopic (exact) mass is 351 g/mol. The van der Waals surface area contributed by atoms with E-state index in [1.54, 1.807) is 12.1 Å². The van der Waals surface area contributed by atoms with Gasteiger partial charge < -0.3 is 10.6 Å². The number of rotatable bonds is 6. The van der Waals surface area contributed by atoms with Crippen molar-refractivity contribution in [3.63, 3.8) is 0 Å². The molecule has 1 heterocycles. The summed E-state index contributed by atoms with van der Waals surface area (Å²) in [7, 11) is 0. The predicted molar refractivity (Wildman–Crippen MR) is 91.7 cm³/mol. The van der Waals surface area contributed by atoms with Crippen LogP contribution >= 0.6 is 0 Å². The fraction of sp³-hybridized carbons (Fsp3) is 0.333. The molecule has 0 unspecified atom stereocenters. The number of aromatic nitrogens is 1. The molecule has 0 saturated carbocycles. The Balaban J connectivity index is 2.05. The zero-order chi connectivity index (χ0) is 18.4. The number of nitrogens with one attached hydrogen (secondary N) is 2. The number of anilines is 3. The second kappa shape index (κ2) is 8.00. The van der Waals surface area contributed by atoms with E-state index in [2.05, 4.69) is 15.6 Å². The maximum Gasteiger partial charge on any atom is 0.416 e. The van der Waals surface area contributed by atoms with Gasteiger partial charge in [0.25, 0.3) is 0 Å². The standard InChI is InChI=1S/C18H20F3N3O/c1-3-12(4-2)17(25)24-15-8-9-16(22-11-15)23-14-7-5-6-13(10-14)18(19,20)21/h5-12H,3-4H2,1-2H3,(H,22,23)(H,24,25). The number of pyridine rings is 1. The Morgan fingerprint density at radius 1 is 1.12 bits per heavy atom. The third-order valence-corrected chi connectivity index (χ3v) is 3.85. The molecule has 25 heavy (non-hydrogen) atoms.